The lowest BCUT2D eigenvalue weighted by Gasteiger charge is -2.34. The van der Waals surface area contributed by atoms with Gasteiger partial charge in [0.2, 0.25) is 5.09 Å². The summed E-state index contributed by atoms with van der Waals surface area (Å²) < 4.78 is 31.6. The smallest absolute Gasteiger partial charge is 0.335 e. The van der Waals surface area contributed by atoms with E-state index in [1.54, 1.807) is 13.0 Å². The van der Waals surface area contributed by atoms with Crippen molar-refractivity contribution >= 4 is 21.8 Å². The average molecular weight is 351 g/mol. The predicted molar refractivity (Wildman–Crippen MR) is 85.6 cm³/mol. The van der Waals surface area contributed by atoms with E-state index < -0.39 is 16.0 Å². The average Bonchev–Trinajstić information content (AvgIpc) is 3.02. The summed E-state index contributed by atoms with van der Waals surface area (Å²) in [7, 11) is -3.64. The van der Waals surface area contributed by atoms with Gasteiger partial charge in [-0.2, -0.15) is 4.31 Å². The molecule has 0 bridgehead atoms. The molecule has 2 aromatic rings. The number of pyridine rings is 1. The van der Waals surface area contributed by atoms with Gasteiger partial charge in [-0.25, -0.2) is 18.2 Å². The van der Waals surface area contributed by atoms with Crippen molar-refractivity contribution in [1.29, 1.82) is 0 Å². The fraction of sp³-hybridized carbons (Fsp3) is 0.333. The molecule has 0 atom stereocenters. The zero-order valence-electron chi connectivity index (χ0n) is 13.0. The molecule has 0 amide bonds. The van der Waals surface area contributed by atoms with Gasteiger partial charge in [-0.15, -0.1) is 0 Å². The van der Waals surface area contributed by atoms with Crippen LogP contribution in [0.5, 0.6) is 0 Å². The molecule has 1 aliphatic rings. The van der Waals surface area contributed by atoms with Crippen molar-refractivity contribution in [3.63, 3.8) is 0 Å². The number of sulfonamides is 1. The summed E-state index contributed by atoms with van der Waals surface area (Å²) in [5.74, 6) is 0.0516. The van der Waals surface area contributed by atoms with Crippen molar-refractivity contribution in [1.82, 2.24) is 9.29 Å². The molecule has 1 fully saturated rings. The molecule has 0 spiro atoms. The first-order chi connectivity index (χ1) is 11.4. The molecule has 1 saturated heterocycles. The number of aromatic nitrogens is 1. The number of furan rings is 1. The van der Waals surface area contributed by atoms with Crippen LogP contribution in [0.1, 0.15) is 16.1 Å². The summed E-state index contributed by atoms with van der Waals surface area (Å²) in [6.07, 6.45) is 1.44. The van der Waals surface area contributed by atoms with Crippen LogP contribution in [0.25, 0.3) is 0 Å². The summed E-state index contributed by atoms with van der Waals surface area (Å²) in [6.45, 7) is 3.10. The van der Waals surface area contributed by atoms with E-state index in [0.717, 1.165) is 0 Å². The van der Waals surface area contributed by atoms with Crippen LogP contribution in [0.15, 0.2) is 40.0 Å². The Hall–Kier alpha value is -2.39. The maximum atomic E-state index is 12.5. The summed E-state index contributed by atoms with van der Waals surface area (Å²) >= 11 is 0. The maximum Gasteiger partial charge on any atom is 0.335 e. The van der Waals surface area contributed by atoms with E-state index in [1.807, 2.05) is 4.90 Å². The summed E-state index contributed by atoms with van der Waals surface area (Å²) in [5.41, 5.74) is 0.154. The van der Waals surface area contributed by atoms with Crippen LogP contribution in [0.4, 0.5) is 5.82 Å². The van der Waals surface area contributed by atoms with E-state index >= 15 is 0 Å². The van der Waals surface area contributed by atoms with E-state index in [-0.39, 0.29) is 23.7 Å². The van der Waals surface area contributed by atoms with Crippen LogP contribution in [-0.2, 0) is 10.0 Å². The number of carbonyl (C=O) groups is 1. The van der Waals surface area contributed by atoms with Crippen molar-refractivity contribution in [2.45, 2.75) is 12.0 Å². The van der Waals surface area contributed by atoms with Crippen LogP contribution < -0.4 is 4.90 Å². The third-order valence-corrected chi connectivity index (χ3v) is 5.64. The molecular formula is C15H17N3O5S. The zero-order chi connectivity index (χ0) is 17.3. The van der Waals surface area contributed by atoms with E-state index in [0.29, 0.717) is 24.7 Å². The van der Waals surface area contributed by atoms with Gasteiger partial charge in [0.15, 0.2) is 0 Å². The molecule has 1 aliphatic heterocycles. The Kier molecular flexibility index (Phi) is 4.29. The standard InChI is InChI=1S/C15H17N3O5S/c1-11-2-3-14(23-11)24(21,22)18-8-6-17(7-9-18)13-10-12(15(19)20)4-5-16-13/h2-5,10H,6-9H2,1H3,(H,19,20). The molecule has 0 radical (unpaired) electrons. The lowest BCUT2D eigenvalue weighted by atomic mass is 10.2. The normalized spacial score (nSPS) is 16.3. The SMILES string of the molecule is Cc1ccc(S(=O)(=O)N2CCN(c3cc(C(=O)O)ccn3)CC2)o1. The van der Waals surface area contributed by atoms with Gasteiger partial charge < -0.3 is 14.4 Å². The predicted octanol–water partition coefficient (Wildman–Crippen LogP) is 1.19. The fourth-order valence-corrected chi connectivity index (χ4v) is 3.94. The number of carboxylic acid groups (broad SMARTS) is 1. The van der Waals surface area contributed by atoms with Gasteiger partial charge in [0, 0.05) is 32.4 Å². The highest BCUT2D eigenvalue weighted by atomic mass is 32.2. The molecular weight excluding hydrogens is 334 g/mol. The molecule has 3 heterocycles. The number of anilines is 1. The minimum atomic E-state index is -3.64. The first-order valence-electron chi connectivity index (χ1n) is 7.39. The molecule has 0 aromatic carbocycles. The van der Waals surface area contributed by atoms with Crippen molar-refractivity contribution in [2.24, 2.45) is 0 Å². The van der Waals surface area contributed by atoms with E-state index in [1.165, 1.54) is 28.7 Å². The third-order valence-electron chi connectivity index (χ3n) is 3.86. The molecule has 9 heteroatoms. The second-order valence-corrected chi connectivity index (χ2v) is 7.33. The lowest BCUT2D eigenvalue weighted by molar-refractivity contribution is 0.0696. The molecule has 2 aromatic heterocycles. The minimum absolute atomic E-state index is 0.0561. The molecule has 24 heavy (non-hydrogen) atoms. The van der Waals surface area contributed by atoms with Crippen LogP contribution in [-0.4, -0.2) is 55.0 Å². The topological polar surface area (TPSA) is 104 Å². The van der Waals surface area contributed by atoms with Gasteiger partial charge >= 0.3 is 5.97 Å². The van der Waals surface area contributed by atoms with Crippen molar-refractivity contribution in [2.75, 3.05) is 31.1 Å². The quantitative estimate of drug-likeness (QED) is 0.882. The Balaban J connectivity index is 1.72. The monoisotopic (exact) mass is 351 g/mol. The van der Waals surface area contributed by atoms with Gasteiger partial charge in [0.05, 0.1) is 5.56 Å². The minimum Gasteiger partial charge on any atom is -0.478 e. The number of hydrogen-bond donors (Lipinski definition) is 1. The molecule has 0 unspecified atom stereocenters. The second kappa shape index (κ2) is 6.25. The van der Waals surface area contributed by atoms with E-state index in [2.05, 4.69) is 4.98 Å². The highest BCUT2D eigenvalue weighted by Crippen LogP contribution is 2.22. The van der Waals surface area contributed by atoms with Crippen LogP contribution in [0.3, 0.4) is 0 Å². The van der Waals surface area contributed by atoms with Crippen LogP contribution >= 0.6 is 0 Å². The number of piperazine rings is 1. The zero-order valence-corrected chi connectivity index (χ0v) is 13.9. The largest absolute Gasteiger partial charge is 0.478 e. The Bertz CT molecular complexity index is 853. The van der Waals surface area contributed by atoms with Gasteiger partial charge in [0.1, 0.15) is 11.6 Å². The number of nitrogens with zero attached hydrogens (tertiary/aromatic N) is 3. The van der Waals surface area contributed by atoms with Gasteiger partial charge in [-0.3, -0.25) is 0 Å². The summed E-state index contributed by atoms with van der Waals surface area (Å²) in [6, 6.07) is 5.98. The van der Waals surface area contributed by atoms with Crippen molar-refractivity contribution in [3.8, 4) is 0 Å². The summed E-state index contributed by atoms with van der Waals surface area (Å²) in [4.78, 5) is 17.1. The Morgan fingerprint density at radius 2 is 1.92 bits per heavy atom. The highest BCUT2D eigenvalue weighted by Gasteiger charge is 2.31. The number of carboxylic acids is 1. The summed E-state index contributed by atoms with van der Waals surface area (Å²) in [5, 5.41) is 8.98. The van der Waals surface area contributed by atoms with Gasteiger partial charge in [-0.1, -0.05) is 0 Å². The first-order valence-corrected chi connectivity index (χ1v) is 8.83. The van der Waals surface area contributed by atoms with Gasteiger partial charge in [-0.05, 0) is 31.2 Å². The van der Waals surface area contributed by atoms with E-state index in [4.69, 9.17) is 9.52 Å². The number of hydrogen-bond acceptors (Lipinski definition) is 6. The van der Waals surface area contributed by atoms with Crippen LogP contribution in [0.2, 0.25) is 0 Å². The second-order valence-electron chi connectivity index (χ2n) is 5.46. The highest BCUT2D eigenvalue weighted by molar-refractivity contribution is 7.89. The molecule has 1 N–H and O–H groups in total. The fourth-order valence-electron chi connectivity index (χ4n) is 2.56. The maximum absolute atomic E-state index is 12.5. The number of aryl methyl sites for hydroxylation is 1. The third kappa shape index (κ3) is 3.13. The Morgan fingerprint density at radius 1 is 1.21 bits per heavy atom. The van der Waals surface area contributed by atoms with Gasteiger partial charge in [0.25, 0.3) is 10.0 Å². The first kappa shape index (κ1) is 16.5. The number of aromatic carboxylic acids is 1. The van der Waals surface area contributed by atoms with Crippen molar-refractivity contribution in [3.05, 3.63) is 41.8 Å². The number of rotatable bonds is 4. The molecule has 8 nitrogen and oxygen atoms in total. The molecule has 0 aliphatic carbocycles. The molecule has 3 rings (SSSR count). The molecule has 128 valence electrons. The van der Waals surface area contributed by atoms with E-state index in [9.17, 15) is 13.2 Å². The Labute approximate surface area is 139 Å². The lowest BCUT2D eigenvalue weighted by Crippen LogP contribution is -2.48. The van der Waals surface area contributed by atoms with Crippen molar-refractivity contribution < 1.29 is 22.7 Å². The Morgan fingerprint density at radius 3 is 2.50 bits per heavy atom. The molecule has 0 saturated carbocycles. The van der Waals surface area contributed by atoms with Crippen LogP contribution in [0, 0.1) is 6.92 Å².